The first kappa shape index (κ1) is 16.7. The molecule has 0 amide bonds. The highest BCUT2D eigenvalue weighted by atomic mass is 16.5. The van der Waals surface area contributed by atoms with Crippen LogP contribution in [0.2, 0.25) is 0 Å². The fourth-order valence-corrected chi connectivity index (χ4v) is 2.77. The van der Waals surface area contributed by atoms with Crippen molar-refractivity contribution in [2.45, 2.75) is 6.54 Å². The molecule has 4 rings (SSSR count). The Morgan fingerprint density at radius 2 is 2.00 bits per heavy atom. The van der Waals surface area contributed by atoms with E-state index in [-0.39, 0.29) is 5.97 Å². The lowest BCUT2D eigenvalue weighted by Gasteiger charge is -2.06. The molecule has 0 unspecified atom stereocenters. The molecule has 1 N–H and O–H groups in total. The molecule has 0 spiro atoms. The van der Waals surface area contributed by atoms with Crippen LogP contribution in [0.3, 0.4) is 0 Å². The van der Waals surface area contributed by atoms with Gasteiger partial charge in [0.05, 0.1) is 18.9 Å². The number of esters is 1. The molecule has 0 bridgehead atoms. The van der Waals surface area contributed by atoms with E-state index in [1.54, 1.807) is 29.0 Å². The molecule has 7 heteroatoms. The number of nitrogens with one attached hydrogen (secondary N) is 1. The van der Waals surface area contributed by atoms with E-state index in [4.69, 9.17) is 4.74 Å². The smallest absolute Gasteiger partial charge is 0.337 e. The maximum absolute atomic E-state index is 11.6. The molecule has 7 nitrogen and oxygen atoms in total. The largest absolute Gasteiger partial charge is 0.465 e. The normalized spacial score (nSPS) is 10.7. The molecular formula is C20H17N5O2. The maximum atomic E-state index is 11.6. The Morgan fingerprint density at radius 3 is 2.74 bits per heavy atom. The number of carbonyl (C=O) groups excluding carboxylic acids is 1. The third-order valence-electron chi connectivity index (χ3n) is 4.18. The van der Waals surface area contributed by atoms with Crippen LogP contribution in [-0.2, 0) is 11.3 Å². The molecule has 0 atom stereocenters. The minimum absolute atomic E-state index is 0.360. The van der Waals surface area contributed by atoms with Crippen molar-refractivity contribution in [2.75, 3.05) is 12.4 Å². The molecule has 134 valence electrons. The van der Waals surface area contributed by atoms with Gasteiger partial charge in [0, 0.05) is 30.7 Å². The molecule has 3 aromatic heterocycles. The molecule has 0 saturated carbocycles. The third-order valence-corrected chi connectivity index (χ3v) is 4.18. The van der Waals surface area contributed by atoms with Gasteiger partial charge in [-0.25, -0.2) is 14.3 Å². The van der Waals surface area contributed by atoms with Crippen LogP contribution in [0.4, 0.5) is 5.82 Å². The molecule has 3 heterocycles. The van der Waals surface area contributed by atoms with E-state index in [0.717, 1.165) is 28.2 Å². The van der Waals surface area contributed by atoms with Gasteiger partial charge in [-0.2, -0.15) is 5.10 Å². The van der Waals surface area contributed by atoms with Crippen molar-refractivity contribution < 1.29 is 9.53 Å². The predicted octanol–water partition coefficient (Wildman–Crippen LogP) is 3.19. The average molecular weight is 359 g/mol. The van der Waals surface area contributed by atoms with E-state index in [1.807, 2.05) is 42.7 Å². The van der Waals surface area contributed by atoms with Gasteiger partial charge >= 0.3 is 5.97 Å². The summed E-state index contributed by atoms with van der Waals surface area (Å²) in [6, 6.07) is 13.0. The molecule has 4 aromatic rings. The Kier molecular flexibility index (Phi) is 4.49. The summed E-state index contributed by atoms with van der Waals surface area (Å²) < 4.78 is 6.46. The monoisotopic (exact) mass is 359 g/mol. The number of nitrogens with zero attached hydrogens (tertiary/aromatic N) is 4. The number of pyridine rings is 1. The van der Waals surface area contributed by atoms with Crippen molar-refractivity contribution in [1.82, 2.24) is 19.6 Å². The van der Waals surface area contributed by atoms with Gasteiger partial charge in [0.1, 0.15) is 5.82 Å². The van der Waals surface area contributed by atoms with Crippen molar-refractivity contribution in [1.29, 1.82) is 0 Å². The summed E-state index contributed by atoms with van der Waals surface area (Å²) >= 11 is 0. The number of benzene rings is 1. The Balaban J connectivity index is 1.61. The zero-order valence-corrected chi connectivity index (χ0v) is 14.7. The SMILES string of the molecule is COC(=O)c1ccc(-c2cnn3ccc(NCc4cccnc4)nc23)cc1. The Labute approximate surface area is 155 Å². The van der Waals surface area contributed by atoms with Crippen molar-refractivity contribution in [3.05, 3.63) is 78.4 Å². The topological polar surface area (TPSA) is 81.4 Å². The van der Waals surface area contributed by atoms with Gasteiger partial charge in [-0.15, -0.1) is 0 Å². The average Bonchev–Trinajstić information content (AvgIpc) is 3.16. The minimum atomic E-state index is -0.360. The van der Waals surface area contributed by atoms with Crippen molar-refractivity contribution >= 4 is 17.4 Å². The summed E-state index contributed by atoms with van der Waals surface area (Å²) in [7, 11) is 1.37. The Bertz CT molecular complexity index is 1070. The predicted molar refractivity (Wildman–Crippen MR) is 101 cm³/mol. The van der Waals surface area contributed by atoms with E-state index >= 15 is 0 Å². The molecule has 0 aliphatic heterocycles. The number of carbonyl (C=O) groups is 1. The van der Waals surface area contributed by atoms with E-state index in [1.165, 1.54) is 7.11 Å². The molecule has 1 aromatic carbocycles. The van der Waals surface area contributed by atoms with E-state index in [2.05, 4.69) is 20.4 Å². The highest BCUT2D eigenvalue weighted by Crippen LogP contribution is 2.24. The molecule has 0 fully saturated rings. The lowest BCUT2D eigenvalue weighted by molar-refractivity contribution is 0.0601. The summed E-state index contributed by atoms with van der Waals surface area (Å²) in [5.41, 5.74) is 4.12. The molecule has 0 radical (unpaired) electrons. The highest BCUT2D eigenvalue weighted by Gasteiger charge is 2.11. The number of hydrogen-bond donors (Lipinski definition) is 1. The molecule has 0 aliphatic carbocycles. The number of hydrogen-bond acceptors (Lipinski definition) is 6. The summed E-state index contributed by atoms with van der Waals surface area (Å²) in [5.74, 6) is 0.390. The Morgan fingerprint density at radius 1 is 1.15 bits per heavy atom. The lowest BCUT2D eigenvalue weighted by Crippen LogP contribution is -2.03. The maximum Gasteiger partial charge on any atom is 0.337 e. The van der Waals surface area contributed by atoms with Crippen molar-refractivity contribution in [3.8, 4) is 11.1 Å². The molecule has 27 heavy (non-hydrogen) atoms. The van der Waals surface area contributed by atoms with Crippen LogP contribution in [0.15, 0.2) is 67.3 Å². The van der Waals surface area contributed by atoms with Crippen molar-refractivity contribution in [2.24, 2.45) is 0 Å². The quantitative estimate of drug-likeness (QED) is 0.551. The van der Waals surface area contributed by atoms with Gasteiger partial charge in [-0.1, -0.05) is 18.2 Å². The van der Waals surface area contributed by atoms with E-state index < -0.39 is 0 Å². The lowest BCUT2D eigenvalue weighted by atomic mass is 10.1. The number of methoxy groups -OCH3 is 1. The van der Waals surface area contributed by atoms with Crippen LogP contribution in [0.5, 0.6) is 0 Å². The standard InChI is InChI=1S/C20H17N5O2/c1-27-20(26)16-6-4-15(5-7-16)17-13-23-25-10-8-18(24-19(17)25)22-12-14-3-2-9-21-11-14/h2-11,13H,12H2,1H3,(H,22,24). The van der Waals surface area contributed by atoms with Crippen LogP contribution in [0, 0.1) is 0 Å². The number of ether oxygens (including phenoxy) is 1. The highest BCUT2D eigenvalue weighted by molar-refractivity contribution is 5.90. The molecule has 0 aliphatic rings. The molecule has 0 saturated heterocycles. The number of anilines is 1. The van der Waals surface area contributed by atoms with Gasteiger partial charge in [0.15, 0.2) is 5.65 Å². The third kappa shape index (κ3) is 3.48. The van der Waals surface area contributed by atoms with Gasteiger partial charge in [-0.3, -0.25) is 4.98 Å². The van der Waals surface area contributed by atoms with Crippen LogP contribution >= 0.6 is 0 Å². The summed E-state index contributed by atoms with van der Waals surface area (Å²) in [6.45, 7) is 0.633. The van der Waals surface area contributed by atoms with Gasteiger partial charge in [-0.05, 0) is 35.4 Å². The number of rotatable bonds is 5. The van der Waals surface area contributed by atoms with Crippen LogP contribution in [-0.4, -0.2) is 32.7 Å². The number of aromatic nitrogens is 4. The van der Waals surface area contributed by atoms with Crippen molar-refractivity contribution in [3.63, 3.8) is 0 Å². The fraction of sp³-hybridized carbons (Fsp3) is 0.100. The van der Waals surface area contributed by atoms with E-state index in [9.17, 15) is 4.79 Å². The second kappa shape index (κ2) is 7.25. The Hall–Kier alpha value is -3.74. The number of fused-ring (bicyclic) bond motifs is 1. The molecular weight excluding hydrogens is 342 g/mol. The zero-order valence-electron chi connectivity index (χ0n) is 14.7. The van der Waals surface area contributed by atoms with Crippen LogP contribution in [0.1, 0.15) is 15.9 Å². The summed E-state index contributed by atoms with van der Waals surface area (Å²) in [6.07, 6.45) is 7.19. The summed E-state index contributed by atoms with van der Waals surface area (Å²) in [5, 5.41) is 7.65. The zero-order chi connectivity index (χ0) is 18.6. The van der Waals surface area contributed by atoms with Crippen LogP contribution in [0.25, 0.3) is 16.8 Å². The van der Waals surface area contributed by atoms with E-state index in [0.29, 0.717) is 12.1 Å². The second-order valence-electron chi connectivity index (χ2n) is 5.92. The first-order valence-corrected chi connectivity index (χ1v) is 8.40. The summed E-state index contributed by atoms with van der Waals surface area (Å²) in [4.78, 5) is 20.4. The second-order valence-corrected chi connectivity index (χ2v) is 5.92. The van der Waals surface area contributed by atoms with Crippen LogP contribution < -0.4 is 5.32 Å². The minimum Gasteiger partial charge on any atom is -0.465 e. The first-order valence-electron chi connectivity index (χ1n) is 8.40. The van der Waals surface area contributed by atoms with Gasteiger partial charge < -0.3 is 10.1 Å². The first-order chi connectivity index (χ1) is 13.2. The van der Waals surface area contributed by atoms with Gasteiger partial charge in [0.25, 0.3) is 0 Å². The fourth-order valence-electron chi connectivity index (χ4n) is 2.77. The van der Waals surface area contributed by atoms with Gasteiger partial charge in [0.2, 0.25) is 0 Å².